The number of amides is 5. The Morgan fingerprint density at radius 2 is 1.55 bits per heavy atom. The number of rotatable bonds is 21. The average molecular weight is 1020 g/mol. The van der Waals surface area contributed by atoms with Crippen LogP contribution < -0.4 is 36.9 Å². The van der Waals surface area contributed by atoms with E-state index >= 15 is 0 Å². The van der Waals surface area contributed by atoms with Gasteiger partial charge in [-0.1, -0.05) is 29.8 Å². The molecule has 3 fully saturated rings. The predicted octanol–water partition coefficient (Wildman–Crippen LogP) is 3.35. The molecule has 1 aliphatic carbocycles. The molecule has 3 heterocycles. The van der Waals surface area contributed by atoms with Crippen molar-refractivity contribution in [3.05, 3.63) is 69.8 Å². The quantitative estimate of drug-likeness (QED) is 0.0410. The van der Waals surface area contributed by atoms with E-state index < -0.39 is 86.9 Å². The highest BCUT2D eigenvalue weighted by atomic mass is 35.5. The molecule has 5 atom stereocenters. The Morgan fingerprint density at radius 1 is 0.915 bits per heavy atom. The molecule has 0 unspecified atom stereocenters. The molecular formula is C50H70ClN9O10S. The Kier molecular flexibility index (Phi) is 17.5. The van der Waals surface area contributed by atoms with Crippen molar-refractivity contribution in [3.63, 3.8) is 0 Å². The number of guanidine groups is 1. The predicted molar refractivity (Wildman–Crippen MR) is 268 cm³/mol. The second-order valence-electron chi connectivity index (χ2n) is 20.0. The zero-order valence-electron chi connectivity index (χ0n) is 41.4. The van der Waals surface area contributed by atoms with Crippen LogP contribution in [-0.4, -0.2) is 126 Å². The molecule has 9 N–H and O–H groups in total. The zero-order chi connectivity index (χ0) is 52.0. The van der Waals surface area contributed by atoms with Gasteiger partial charge in [0.1, 0.15) is 41.1 Å². The first-order valence-corrected chi connectivity index (χ1v) is 26.4. The van der Waals surface area contributed by atoms with Gasteiger partial charge in [-0.3, -0.25) is 29.0 Å². The van der Waals surface area contributed by atoms with Gasteiger partial charge in [0, 0.05) is 43.1 Å². The summed E-state index contributed by atoms with van der Waals surface area (Å²) in [5.74, 6) is -3.70. The van der Waals surface area contributed by atoms with Gasteiger partial charge in [-0.15, -0.1) is 6.58 Å². The van der Waals surface area contributed by atoms with Crippen molar-refractivity contribution in [1.29, 1.82) is 0 Å². The molecule has 5 amide bonds. The third-order valence-electron chi connectivity index (χ3n) is 14.2. The van der Waals surface area contributed by atoms with Crippen molar-refractivity contribution in [2.75, 3.05) is 19.6 Å². The Labute approximate surface area is 421 Å². The molecule has 2 aromatic rings. The monoisotopic (exact) mass is 1020 g/mol. The van der Waals surface area contributed by atoms with Gasteiger partial charge < -0.3 is 47.1 Å². The summed E-state index contributed by atoms with van der Waals surface area (Å²) >= 11 is 6.12. The molecule has 0 aromatic heterocycles. The van der Waals surface area contributed by atoms with Crippen LogP contribution in [-0.2, 0) is 51.6 Å². The topological polar surface area (TPSA) is 285 Å². The van der Waals surface area contributed by atoms with Crippen LogP contribution in [0.1, 0.15) is 119 Å². The van der Waals surface area contributed by atoms with E-state index in [0.717, 1.165) is 11.1 Å². The minimum Gasteiger partial charge on any atom is -0.487 e. The minimum absolute atomic E-state index is 0.0253. The number of benzene rings is 2. The lowest BCUT2D eigenvalue weighted by Gasteiger charge is -2.43. The third-order valence-corrected chi connectivity index (χ3v) is 16.1. The van der Waals surface area contributed by atoms with Crippen molar-refractivity contribution in [2.24, 2.45) is 16.5 Å². The number of carbonyl (C=O) groups is 6. The van der Waals surface area contributed by atoms with Gasteiger partial charge in [0.15, 0.2) is 0 Å². The third kappa shape index (κ3) is 12.7. The lowest BCUT2D eigenvalue weighted by Crippen LogP contribution is -2.67. The van der Waals surface area contributed by atoms with Gasteiger partial charge in [0.05, 0.1) is 10.9 Å². The van der Waals surface area contributed by atoms with Gasteiger partial charge >= 0.3 is 5.97 Å². The molecule has 1 saturated carbocycles. The molecule has 3 aliphatic heterocycles. The highest BCUT2D eigenvalue weighted by Crippen LogP contribution is 2.44. The molecule has 2 aromatic carbocycles. The van der Waals surface area contributed by atoms with E-state index in [-0.39, 0.29) is 69.0 Å². The van der Waals surface area contributed by atoms with Crippen molar-refractivity contribution >= 4 is 63.1 Å². The number of aliphatic imine (C=N–C) groups is 1. The van der Waals surface area contributed by atoms with Crippen LogP contribution in [0.4, 0.5) is 0 Å². The van der Waals surface area contributed by atoms with E-state index in [0.29, 0.717) is 78.8 Å². The Balaban J connectivity index is 1.15. The number of halogens is 1. The smallest absolute Gasteiger partial charge is 0.326 e. The molecule has 2 saturated heterocycles. The molecule has 71 heavy (non-hydrogen) atoms. The summed E-state index contributed by atoms with van der Waals surface area (Å²) in [6.45, 7) is 13.2. The summed E-state index contributed by atoms with van der Waals surface area (Å²) in [7, 11) is -4.20. The molecule has 0 bridgehead atoms. The number of carboxylic acid groups (broad SMARTS) is 1. The molecule has 6 rings (SSSR count). The minimum atomic E-state index is -4.20. The number of fused-ring (bicyclic) bond motifs is 1. The van der Waals surface area contributed by atoms with Crippen LogP contribution in [0.3, 0.4) is 0 Å². The molecule has 4 aliphatic rings. The maximum atomic E-state index is 14.4. The van der Waals surface area contributed by atoms with Crippen LogP contribution in [0.15, 0.2) is 46.8 Å². The van der Waals surface area contributed by atoms with Crippen LogP contribution in [0.25, 0.3) is 0 Å². The van der Waals surface area contributed by atoms with E-state index in [1.807, 2.05) is 20.8 Å². The summed E-state index contributed by atoms with van der Waals surface area (Å²) in [4.78, 5) is 89.7. The lowest BCUT2D eigenvalue weighted by atomic mass is 9.75. The normalized spacial score (nSPS) is 20.4. The van der Waals surface area contributed by atoms with Gasteiger partial charge in [-0.2, -0.15) is 0 Å². The molecule has 388 valence electrons. The van der Waals surface area contributed by atoms with Crippen LogP contribution in [0, 0.1) is 20.8 Å². The summed E-state index contributed by atoms with van der Waals surface area (Å²) in [5.41, 5.74) is 13.7. The van der Waals surface area contributed by atoms with Crippen molar-refractivity contribution < 1.29 is 47.0 Å². The first-order valence-electron chi connectivity index (χ1n) is 24.5. The Morgan fingerprint density at radius 3 is 2.17 bits per heavy atom. The van der Waals surface area contributed by atoms with Crippen molar-refractivity contribution in [1.82, 2.24) is 30.5 Å². The number of unbranched alkanes of at least 4 members (excludes halogenated alkanes) is 1. The SMILES string of the molecule is C=CCCC[C@H](N)C(=O)N[C@@H](Cc1ccc(Cl)cc1)C(=O)N1CCC[C@H]1C(=O)NC1(C(=O)N[C@@H](CCCN=C(N)NS(=O)(=O)c2c(C)c(C)c3c(c2C)CC(C)(C)O3)C(=O)N2CCC[C@H]2C(=O)O)CCC1. The highest BCUT2D eigenvalue weighted by molar-refractivity contribution is 7.90. The van der Waals surface area contributed by atoms with Gasteiger partial charge in [-0.05, 0) is 146 Å². The number of sulfonamides is 1. The Hall–Kier alpha value is -5.73. The Bertz CT molecular complexity index is 2530. The van der Waals surface area contributed by atoms with E-state index in [1.54, 1.807) is 44.2 Å². The molecule has 0 radical (unpaired) electrons. The lowest BCUT2D eigenvalue weighted by molar-refractivity contribution is -0.150. The standard InChI is InChI=1S/C50H70ClN9O10S/c1-7-8-9-14-35(52)42(61)55-37(27-32-18-20-33(51)21-19-32)45(64)59-25-11-16-38(59)43(62)57-50(22-13-23-50)47(67)56-36(44(63)60-26-12-17-39(60)46(65)66)15-10-24-54-48(53)58-71(68,69)41-30(3)29(2)40-34(31(41)4)28-49(5,6)70-40/h7,18-21,35-39H,1,8-17,22-28,52H2,2-6H3,(H,55,61)(H,56,67)(H,57,62)(H,65,66)(H3,53,54,58)/t35-,36-,37-,38-,39-/m0/s1. The largest absolute Gasteiger partial charge is 0.487 e. The number of aliphatic carboxylic acids is 1. The number of hydrogen-bond acceptors (Lipinski definition) is 11. The molecule has 19 nitrogen and oxygen atoms in total. The number of carboxylic acids is 1. The summed E-state index contributed by atoms with van der Waals surface area (Å²) in [6.07, 6.45) is 6.66. The maximum Gasteiger partial charge on any atom is 0.326 e. The number of allylic oxidation sites excluding steroid dienone is 1. The molecular weight excluding hydrogens is 954 g/mol. The number of carbonyl (C=O) groups excluding carboxylic acids is 5. The number of hydrogen-bond donors (Lipinski definition) is 7. The van der Waals surface area contributed by atoms with Crippen LogP contribution in [0.2, 0.25) is 5.02 Å². The van der Waals surface area contributed by atoms with Gasteiger partial charge in [0.25, 0.3) is 10.0 Å². The fourth-order valence-corrected chi connectivity index (χ4v) is 11.8. The van der Waals surface area contributed by atoms with Gasteiger partial charge in [0.2, 0.25) is 35.5 Å². The van der Waals surface area contributed by atoms with Crippen molar-refractivity contribution in [2.45, 2.75) is 171 Å². The fraction of sp³-hybridized carbons (Fsp3) is 0.580. The number of likely N-dealkylation sites (tertiary alicyclic amines) is 2. The van der Waals surface area contributed by atoms with E-state index in [2.05, 4.69) is 32.2 Å². The van der Waals surface area contributed by atoms with Gasteiger partial charge in [-0.25, -0.2) is 17.9 Å². The molecule has 0 spiro atoms. The van der Waals surface area contributed by atoms with E-state index in [1.165, 1.54) is 9.80 Å². The second-order valence-corrected chi connectivity index (χ2v) is 22.0. The summed E-state index contributed by atoms with van der Waals surface area (Å²) in [6, 6.07) is 1.60. The number of ether oxygens (including phenoxy) is 1. The maximum absolute atomic E-state index is 14.4. The van der Waals surface area contributed by atoms with E-state index in [9.17, 15) is 42.3 Å². The van der Waals surface area contributed by atoms with Crippen LogP contribution >= 0.6 is 11.6 Å². The fourth-order valence-electron chi connectivity index (χ4n) is 10.1. The highest BCUT2D eigenvalue weighted by Gasteiger charge is 2.50. The second kappa shape index (κ2) is 22.8. The summed E-state index contributed by atoms with van der Waals surface area (Å²) in [5, 5.41) is 19.0. The van der Waals surface area contributed by atoms with Crippen molar-refractivity contribution in [3.8, 4) is 5.75 Å². The number of nitrogens with zero attached hydrogens (tertiary/aromatic N) is 3. The van der Waals surface area contributed by atoms with E-state index in [4.69, 9.17) is 27.8 Å². The first-order chi connectivity index (χ1) is 33.5. The number of nitrogens with one attached hydrogen (secondary N) is 4. The summed E-state index contributed by atoms with van der Waals surface area (Å²) < 4.78 is 36.1. The van der Waals surface area contributed by atoms with Crippen LogP contribution in [0.5, 0.6) is 5.75 Å². The zero-order valence-corrected chi connectivity index (χ0v) is 43.0. The molecule has 21 heteroatoms. The average Bonchev–Trinajstić information content (AvgIpc) is 4.07. The first kappa shape index (κ1) is 54.6. The number of nitrogens with two attached hydrogens (primary N) is 2.